The fraction of sp³-hybridized carbons (Fsp3) is 0.333. The number of carbonyl (C=O) groups excluding carboxylic acids is 1. The summed E-state index contributed by atoms with van der Waals surface area (Å²) in [4.78, 5) is 14.8. The van der Waals surface area contributed by atoms with Crippen LogP contribution in [-0.4, -0.2) is 23.7 Å². The van der Waals surface area contributed by atoms with Gasteiger partial charge in [0.25, 0.3) is 5.91 Å². The van der Waals surface area contributed by atoms with E-state index in [9.17, 15) is 4.79 Å². The second-order valence-corrected chi connectivity index (χ2v) is 6.46. The number of hydrazone groups is 1. The van der Waals surface area contributed by atoms with Gasteiger partial charge in [-0.25, -0.2) is 5.43 Å². The fourth-order valence-corrected chi connectivity index (χ4v) is 2.14. The normalized spacial score (nSPS) is 11.7. The van der Waals surface area contributed by atoms with Gasteiger partial charge in [0.1, 0.15) is 5.75 Å². The van der Waals surface area contributed by atoms with Crippen LogP contribution in [0.5, 0.6) is 5.75 Å². The Labute approximate surface area is 136 Å². The summed E-state index contributed by atoms with van der Waals surface area (Å²) in [5.41, 5.74) is 5.39. The van der Waals surface area contributed by atoms with Crippen molar-refractivity contribution in [3.05, 3.63) is 53.3 Å². The number of ether oxygens (including phenoxy) is 1. The minimum absolute atomic E-state index is 0.0503. The third kappa shape index (κ3) is 4.98. The van der Waals surface area contributed by atoms with Gasteiger partial charge in [-0.05, 0) is 41.7 Å². The van der Waals surface area contributed by atoms with Crippen LogP contribution >= 0.6 is 0 Å². The first-order chi connectivity index (χ1) is 10.9. The van der Waals surface area contributed by atoms with Gasteiger partial charge in [-0.15, -0.1) is 0 Å². The highest BCUT2D eigenvalue weighted by Crippen LogP contribution is 2.31. The van der Waals surface area contributed by atoms with Crippen molar-refractivity contribution >= 4 is 12.1 Å². The molecule has 0 saturated heterocycles. The summed E-state index contributed by atoms with van der Waals surface area (Å²) >= 11 is 0. The van der Waals surface area contributed by atoms with Crippen LogP contribution in [0.4, 0.5) is 0 Å². The Bertz CT molecular complexity index is 683. The number of carbonyl (C=O) groups is 1. The minimum Gasteiger partial charge on any atom is -0.483 e. The quantitative estimate of drug-likeness (QED) is 0.658. The molecule has 0 saturated carbocycles. The van der Waals surface area contributed by atoms with Gasteiger partial charge in [-0.1, -0.05) is 32.9 Å². The standard InChI is InChI=1S/C18H23N3O2/c1-13-7-8-15(18(2,3)4)16(10-13)23-12-17(22)21-20-11-14-6-5-9-19-14/h5-11,19H,12H2,1-4H3,(H,21,22). The van der Waals surface area contributed by atoms with Crippen LogP contribution in [0.1, 0.15) is 37.6 Å². The summed E-state index contributed by atoms with van der Waals surface area (Å²) in [5, 5.41) is 3.88. The Kier molecular flexibility index (Phi) is 5.21. The first-order valence-electron chi connectivity index (χ1n) is 7.55. The zero-order valence-corrected chi connectivity index (χ0v) is 14.0. The van der Waals surface area contributed by atoms with E-state index in [1.165, 1.54) is 0 Å². The van der Waals surface area contributed by atoms with Gasteiger partial charge in [0.05, 0.1) is 11.9 Å². The molecule has 1 heterocycles. The molecular weight excluding hydrogens is 290 g/mol. The molecule has 2 N–H and O–H groups in total. The molecule has 0 fully saturated rings. The molecule has 1 aromatic heterocycles. The van der Waals surface area contributed by atoms with E-state index in [0.29, 0.717) is 0 Å². The lowest BCUT2D eigenvalue weighted by atomic mass is 9.86. The van der Waals surface area contributed by atoms with Crippen LogP contribution in [0.2, 0.25) is 0 Å². The summed E-state index contributed by atoms with van der Waals surface area (Å²) in [6.07, 6.45) is 3.34. The lowest BCUT2D eigenvalue weighted by molar-refractivity contribution is -0.123. The van der Waals surface area contributed by atoms with Crippen molar-refractivity contribution in [1.29, 1.82) is 0 Å². The van der Waals surface area contributed by atoms with E-state index in [4.69, 9.17) is 4.74 Å². The average molecular weight is 313 g/mol. The molecule has 1 amide bonds. The van der Waals surface area contributed by atoms with E-state index in [1.807, 2.05) is 37.3 Å². The Balaban J connectivity index is 1.95. The predicted molar refractivity (Wildman–Crippen MR) is 91.9 cm³/mol. The number of rotatable bonds is 5. The SMILES string of the molecule is Cc1ccc(C(C)(C)C)c(OCC(=O)NN=Cc2ccc[nH]2)c1. The fourth-order valence-electron chi connectivity index (χ4n) is 2.14. The van der Waals surface area contributed by atoms with E-state index < -0.39 is 0 Å². The number of aromatic nitrogens is 1. The maximum Gasteiger partial charge on any atom is 0.277 e. The van der Waals surface area contributed by atoms with E-state index in [2.05, 4.69) is 36.3 Å². The van der Waals surface area contributed by atoms with Gasteiger partial charge >= 0.3 is 0 Å². The molecule has 0 aliphatic carbocycles. The van der Waals surface area contributed by atoms with Crippen LogP contribution in [0, 0.1) is 6.92 Å². The highest BCUT2D eigenvalue weighted by Gasteiger charge is 2.19. The lowest BCUT2D eigenvalue weighted by Crippen LogP contribution is -2.25. The molecule has 122 valence electrons. The van der Waals surface area contributed by atoms with Gasteiger partial charge in [-0.3, -0.25) is 4.79 Å². The van der Waals surface area contributed by atoms with Crippen LogP contribution in [0.15, 0.2) is 41.6 Å². The Hall–Kier alpha value is -2.56. The minimum atomic E-state index is -0.297. The van der Waals surface area contributed by atoms with Crippen molar-refractivity contribution in [1.82, 2.24) is 10.4 Å². The summed E-state index contributed by atoms with van der Waals surface area (Å²) in [5.74, 6) is 0.440. The summed E-state index contributed by atoms with van der Waals surface area (Å²) < 4.78 is 5.70. The Morgan fingerprint density at radius 1 is 1.35 bits per heavy atom. The topological polar surface area (TPSA) is 66.5 Å². The first kappa shape index (κ1) is 16.8. The van der Waals surface area contributed by atoms with Crippen molar-refractivity contribution < 1.29 is 9.53 Å². The lowest BCUT2D eigenvalue weighted by Gasteiger charge is -2.23. The molecule has 2 rings (SSSR count). The third-order valence-electron chi connectivity index (χ3n) is 3.32. The van der Waals surface area contributed by atoms with Gasteiger partial charge in [0.15, 0.2) is 6.61 Å². The summed E-state index contributed by atoms with van der Waals surface area (Å²) in [6, 6.07) is 9.77. The summed E-state index contributed by atoms with van der Waals surface area (Å²) in [6.45, 7) is 8.27. The van der Waals surface area contributed by atoms with Crippen molar-refractivity contribution in [2.45, 2.75) is 33.1 Å². The van der Waals surface area contributed by atoms with Crippen LogP contribution in [0.3, 0.4) is 0 Å². The smallest absolute Gasteiger partial charge is 0.277 e. The molecule has 0 radical (unpaired) electrons. The molecule has 5 heteroatoms. The van der Waals surface area contributed by atoms with E-state index in [-0.39, 0.29) is 17.9 Å². The Morgan fingerprint density at radius 3 is 2.78 bits per heavy atom. The number of amides is 1. The predicted octanol–water partition coefficient (Wildman–Crippen LogP) is 3.15. The maximum atomic E-state index is 11.8. The van der Waals surface area contributed by atoms with Crippen molar-refractivity contribution in [3.63, 3.8) is 0 Å². The zero-order chi connectivity index (χ0) is 16.9. The van der Waals surface area contributed by atoms with Crippen molar-refractivity contribution in [2.24, 2.45) is 5.10 Å². The van der Waals surface area contributed by atoms with E-state index in [0.717, 1.165) is 22.6 Å². The summed E-state index contributed by atoms with van der Waals surface area (Å²) in [7, 11) is 0. The molecule has 2 aromatic rings. The number of nitrogens with zero attached hydrogens (tertiary/aromatic N) is 1. The molecule has 0 spiro atoms. The molecule has 0 aliphatic heterocycles. The van der Waals surface area contributed by atoms with Crippen molar-refractivity contribution in [3.8, 4) is 5.75 Å². The van der Waals surface area contributed by atoms with Crippen LogP contribution in [-0.2, 0) is 10.2 Å². The van der Waals surface area contributed by atoms with Gasteiger partial charge in [0.2, 0.25) is 0 Å². The third-order valence-corrected chi connectivity index (χ3v) is 3.32. The number of hydrogen-bond acceptors (Lipinski definition) is 3. The maximum absolute atomic E-state index is 11.8. The first-order valence-corrected chi connectivity index (χ1v) is 7.55. The molecule has 0 bridgehead atoms. The zero-order valence-electron chi connectivity index (χ0n) is 14.0. The van der Waals surface area contributed by atoms with Gasteiger partial charge in [0, 0.05) is 6.20 Å². The van der Waals surface area contributed by atoms with E-state index in [1.54, 1.807) is 12.4 Å². The number of hydrogen-bond donors (Lipinski definition) is 2. The molecule has 1 aromatic carbocycles. The number of nitrogens with one attached hydrogen (secondary N) is 2. The largest absolute Gasteiger partial charge is 0.483 e. The highest BCUT2D eigenvalue weighted by atomic mass is 16.5. The highest BCUT2D eigenvalue weighted by molar-refractivity contribution is 5.81. The number of aryl methyl sites for hydroxylation is 1. The van der Waals surface area contributed by atoms with Crippen molar-refractivity contribution in [2.75, 3.05) is 6.61 Å². The van der Waals surface area contributed by atoms with Gasteiger partial charge in [-0.2, -0.15) is 5.10 Å². The average Bonchev–Trinajstić information content (AvgIpc) is 2.97. The second kappa shape index (κ2) is 7.13. The Morgan fingerprint density at radius 2 is 2.13 bits per heavy atom. The number of benzene rings is 1. The van der Waals surface area contributed by atoms with Gasteiger partial charge < -0.3 is 9.72 Å². The van der Waals surface area contributed by atoms with Crippen LogP contribution in [0.25, 0.3) is 0 Å². The molecule has 23 heavy (non-hydrogen) atoms. The molecule has 5 nitrogen and oxygen atoms in total. The molecule has 0 aliphatic rings. The monoisotopic (exact) mass is 313 g/mol. The van der Waals surface area contributed by atoms with E-state index >= 15 is 0 Å². The molecule has 0 atom stereocenters. The molecule has 0 unspecified atom stereocenters. The number of aromatic amines is 1. The van der Waals surface area contributed by atoms with Crippen LogP contribution < -0.4 is 10.2 Å². The second-order valence-electron chi connectivity index (χ2n) is 6.46. The number of H-pyrrole nitrogens is 1. The molecular formula is C18H23N3O2.